The van der Waals surface area contributed by atoms with E-state index in [1.54, 1.807) is 6.20 Å². The van der Waals surface area contributed by atoms with Crippen LogP contribution in [0.5, 0.6) is 0 Å². The minimum absolute atomic E-state index is 0.833. The zero-order chi connectivity index (χ0) is 9.97. The lowest BCUT2D eigenvalue weighted by Crippen LogP contribution is -1.94. The fourth-order valence-electron chi connectivity index (χ4n) is 1.30. The van der Waals surface area contributed by atoms with Gasteiger partial charge in [0.1, 0.15) is 5.82 Å². The maximum Gasteiger partial charge on any atom is 0.130 e. The largest absolute Gasteiger partial charge is 0.337 e. The first-order valence-corrected chi connectivity index (χ1v) is 4.47. The molecule has 2 rings (SSSR count). The fraction of sp³-hybridized carbons (Fsp3) is 0.200. The molecule has 4 nitrogen and oxygen atoms in total. The van der Waals surface area contributed by atoms with Crippen molar-refractivity contribution in [3.8, 4) is 0 Å². The standard InChI is InChI=1S/C10H12N4/c1-7-10(8(2)14-13-7)12-9-5-3-4-6-11-9/h3-6H,1-2H3,(H,11,12)(H,13,14). The van der Waals surface area contributed by atoms with Crippen LogP contribution in [0.4, 0.5) is 11.5 Å². The van der Waals surface area contributed by atoms with Gasteiger partial charge in [-0.25, -0.2) is 4.98 Å². The Morgan fingerprint density at radius 2 is 2.14 bits per heavy atom. The van der Waals surface area contributed by atoms with E-state index < -0.39 is 0 Å². The van der Waals surface area contributed by atoms with E-state index in [9.17, 15) is 0 Å². The molecule has 2 aromatic heterocycles. The molecule has 0 radical (unpaired) electrons. The molecule has 14 heavy (non-hydrogen) atoms. The van der Waals surface area contributed by atoms with Crippen LogP contribution in [0.15, 0.2) is 24.4 Å². The predicted molar refractivity (Wildman–Crippen MR) is 55.6 cm³/mol. The van der Waals surface area contributed by atoms with Crippen molar-refractivity contribution < 1.29 is 0 Å². The molecule has 0 aliphatic carbocycles. The van der Waals surface area contributed by atoms with E-state index in [1.807, 2.05) is 32.0 Å². The number of hydrogen-bond acceptors (Lipinski definition) is 3. The summed E-state index contributed by atoms with van der Waals surface area (Å²) >= 11 is 0. The first kappa shape index (κ1) is 8.74. The Hall–Kier alpha value is -1.84. The van der Waals surface area contributed by atoms with Crippen LogP contribution in [-0.4, -0.2) is 15.2 Å². The summed E-state index contributed by atoms with van der Waals surface area (Å²) in [6, 6.07) is 5.76. The predicted octanol–water partition coefficient (Wildman–Crippen LogP) is 2.17. The molecule has 0 saturated heterocycles. The van der Waals surface area contributed by atoms with Crippen molar-refractivity contribution in [2.75, 3.05) is 5.32 Å². The molecule has 4 heteroatoms. The maximum absolute atomic E-state index is 4.18. The summed E-state index contributed by atoms with van der Waals surface area (Å²) in [6.07, 6.45) is 1.76. The molecule has 0 amide bonds. The Balaban J connectivity index is 2.27. The Kier molecular flexibility index (Phi) is 2.18. The quantitative estimate of drug-likeness (QED) is 0.759. The van der Waals surface area contributed by atoms with Gasteiger partial charge >= 0.3 is 0 Å². The number of hydrogen-bond donors (Lipinski definition) is 2. The van der Waals surface area contributed by atoms with Gasteiger partial charge in [0.15, 0.2) is 0 Å². The van der Waals surface area contributed by atoms with Crippen molar-refractivity contribution in [3.63, 3.8) is 0 Å². The van der Waals surface area contributed by atoms with Gasteiger partial charge in [0.05, 0.1) is 17.1 Å². The summed E-state index contributed by atoms with van der Waals surface area (Å²) in [5.41, 5.74) is 2.98. The van der Waals surface area contributed by atoms with Crippen LogP contribution in [-0.2, 0) is 0 Å². The maximum atomic E-state index is 4.18. The highest BCUT2D eigenvalue weighted by Gasteiger charge is 2.05. The summed E-state index contributed by atoms with van der Waals surface area (Å²) in [5.74, 6) is 0.833. The van der Waals surface area contributed by atoms with Gasteiger partial charge in [0.25, 0.3) is 0 Å². The van der Waals surface area contributed by atoms with Crippen LogP contribution in [0.1, 0.15) is 11.4 Å². The van der Waals surface area contributed by atoms with Crippen LogP contribution < -0.4 is 5.32 Å². The van der Waals surface area contributed by atoms with Crippen molar-refractivity contribution in [3.05, 3.63) is 35.8 Å². The number of H-pyrrole nitrogens is 1. The van der Waals surface area contributed by atoms with Crippen LogP contribution in [0, 0.1) is 13.8 Å². The number of aryl methyl sites for hydroxylation is 2. The molecule has 0 atom stereocenters. The summed E-state index contributed by atoms with van der Waals surface area (Å²) in [5, 5.41) is 10.2. The molecule has 2 aromatic rings. The molecule has 0 fully saturated rings. The number of aromatic nitrogens is 3. The highest BCUT2D eigenvalue weighted by molar-refractivity contribution is 5.60. The number of pyridine rings is 1. The third-order valence-corrected chi connectivity index (χ3v) is 2.05. The van der Waals surface area contributed by atoms with E-state index in [0.29, 0.717) is 0 Å². The zero-order valence-electron chi connectivity index (χ0n) is 8.20. The Morgan fingerprint density at radius 1 is 1.29 bits per heavy atom. The molecule has 0 saturated carbocycles. The number of rotatable bonds is 2. The SMILES string of the molecule is Cc1n[nH]c(C)c1Nc1ccccn1. The van der Waals surface area contributed by atoms with Crippen molar-refractivity contribution in [2.45, 2.75) is 13.8 Å². The van der Waals surface area contributed by atoms with E-state index in [1.165, 1.54) is 0 Å². The number of nitrogens with zero attached hydrogens (tertiary/aromatic N) is 2. The van der Waals surface area contributed by atoms with Crippen LogP contribution in [0.25, 0.3) is 0 Å². The normalized spacial score (nSPS) is 10.1. The summed E-state index contributed by atoms with van der Waals surface area (Å²) in [4.78, 5) is 4.18. The molecule has 0 bridgehead atoms. The van der Waals surface area contributed by atoms with Crippen LogP contribution in [0.3, 0.4) is 0 Å². The lowest BCUT2D eigenvalue weighted by atomic mass is 10.3. The van der Waals surface area contributed by atoms with Gasteiger partial charge in [-0.1, -0.05) is 6.07 Å². The molecule has 2 N–H and O–H groups in total. The third-order valence-electron chi connectivity index (χ3n) is 2.05. The summed E-state index contributed by atoms with van der Waals surface area (Å²) in [6.45, 7) is 3.93. The third kappa shape index (κ3) is 1.59. The summed E-state index contributed by atoms with van der Waals surface area (Å²) < 4.78 is 0. The smallest absolute Gasteiger partial charge is 0.130 e. The second-order valence-corrected chi connectivity index (χ2v) is 3.15. The molecule has 2 heterocycles. The van der Waals surface area contributed by atoms with Gasteiger partial charge in [-0.05, 0) is 26.0 Å². The van der Waals surface area contributed by atoms with Crippen LogP contribution >= 0.6 is 0 Å². The van der Waals surface area contributed by atoms with Gasteiger partial charge in [0, 0.05) is 6.20 Å². The van der Waals surface area contributed by atoms with Gasteiger partial charge in [-0.15, -0.1) is 0 Å². The highest BCUT2D eigenvalue weighted by Crippen LogP contribution is 2.19. The average molecular weight is 188 g/mol. The monoisotopic (exact) mass is 188 g/mol. The molecule has 0 unspecified atom stereocenters. The number of aromatic amines is 1. The molecule has 72 valence electrons. The lowest BCUT2D eigenvalue weighted by Gasteiger charge is -2.04. The average Bonchev–Trinajstić information content (AvgIpc) is 2.51. The Labute approximate surface area is 82.4 Å². The number of anilines is 2. The van der Waals surface area contributed by atoms with Crippen molar-refractivity contribution in [1.82, 2.24) is 15.2 Å². The molecular formula is C10H12N4. The van der Waals surface area contributed by atoms with E-state index in [-0.39, 0.29) is 0 Å². The fourth-order valence-corrected chi connectivity index (χ4v) is 1.30. The van der Waals surface area contributed by atoms with Gasteiger partial charge in [0.2, 0.25) is 0 Å². The second kappa shape index (κ2) is 3.49. The van der Waals surface area contributed by atoms with Crippen molar-refractivity contribution in [2.24, 2.45) is 0 Å². The van der Waals surface area contributed by atoms with Crippen LogP contribution in [0.2, 0.25) is 0 Å². The first-order valence-electron chi connectivity index (χ1n) is 4.47. The highest BCUT2D eigenvalue weighted by atomic mass is 15.2. The molecule has 0 spiro atoms. The molecule has 0 aliphatic heterocycles. The minimum atomic E-state index is 0.833. The minimum Gasteiger partial charge on any atom is -0.337 e. The second-order valence-electron chi connectivity index (χ2n) is 3.15. The Morgan fingerprint density at radius 3 is 2.71 bits per heavy atom. The Bertz CT molecular complexity index is 399. The zero-order valence-corrected chi connectivity index (χ0v) is 8.20. The van der Waals surface area contributed by atoms with E-state index in [2.05, 4.69) is 20.5 Å². The molecule has 0 aliphatic rings. The topological polar surface area (TPSA) is 53.6 Å². The van der Waals surface area contributed by atoms with Crippen molar-refractivity contribution in [1.29, 1.82) is 0 Å². The van der Waals surface area contributed by atoms with Gasteiger partial charge in [-0.3, -0.25) is 5.10 Å². The van der Waals surface area contributed by atoms with Gasteiger partial charge in [-0.2, -0.15) is 5.10 Å². The van der Waals surface area contributed by atoms with Crippen molar-refractivity contribution >= 4 is 11.5 Å². The number of nitrogens with one attached hydrogen (secondary N) is 2. The van der Waals surface area contributed by atoms with E-state index >= 15 is 0 Å². The molecule has 0 aromatic carbocycles. The van der Waals surface area contributed by atoms with E-state index in [0.717, 1.165) is 22.9 Å². The molecular weight excluding hydrogens is 176 g/mol. The van der Waals surface area contributed by atoms with Gasteiger partial charge < -0.3 is 5.32 Å². The first-order chi connectivity index (χ1) is 6.77. The summed E-state index contributed by atoms with van der Waals surface area (Å²) in [7, 11) is 0. The van der Waals surface area contributed by atoms with E-state index in [4.69, 9.17) is 0 Å². The lowest BCUT2D eigenvalue weighted by molar-refractivity contribution is 1.02.